The summed E-state index contributed by atoms with van der Waals surface area (Å²) in [5, 5.41) is 4.77. The molecule has 0 bridgehead atoms. The second-order valence-corrected chi connectivity index (χ2v) is 7.41. The summed E-state index contributed by atoms with van der Waals surface area (Å²) >= 11 is 0. The first-order valence-corrected chi connectivity index (χ1v) is 9.71. The summed E-state index contributed by atoms with van der Waals surface area (Å²) in [6.45, 7) is 5.84. The van der Waals surface area contributed by atoms with Gasteiger partial charge >= 0.3 is 0 Å². The Morgan fingerprint density at radius 1 is 1.00 bits per heavy atom. The van der Waals surface area contributed by atoms with Crippen LogP contribution in [0.4, 0.5) is 0 Å². The van der Waals surface area contributed by atoms with Crippen molar-refractivity contribution < 1.29 is 9.53 Å². The van der Waals surface area contributed by atoms with Gasteiger partial charge in [-0.15, -0.1) is 0 Å². The molecule has 1 saturated heterocycles. The van der Waals surface area contributed by atoms with Crippen LogP contribution in [-0.4, -0.2) is 45.9 Å². The fourth-order valence-electron chi connectivity index (χ4n) is 3.75. The van der Waals surface area contributed by atoms with Crippen LogP contribution in [-0.2, 0) is 11.3 Å². The van der Waals surface area contributed by atoms with Gasteiger partial charge in [-0.1, -0.05) is 60.7 Å². The predicted molar refractivity (Wildman–Crippen MR) is 109 cm³/mol. The summed E-state index contributed by atoms with van der Waals surface area (Å²) in [5.41, 5.74) is 3.47. The average molecular weight is 375 g/mol. The number of morpholine rings is 1. The summed E-state index contributed by atoms with van der Waals surface area (Å²) < 4.78 is 7.65. The number of aromatic nitrogens is 2. The van der Waals surface area contributed by atoms with Gasteiger partial charge in [-0.25, -0.2) is 0 Å². The standard InChI is InChI=1S/C23H25N3O2/c1-17-13-25(14-18(2)28-17)23(27)21-16-26(15-19-9-5-3-6-10-19)24-22(21)20-11-7-4-8-12-20/h3-12,16-18H,13-15H2,1-2H3/t17-,18-/m1/s1. The van der Waals surface area contributed by atoms with Crippen molar-refractivity contribution in [2.24, 2.45) is 0 Å². The van der Waals surface area contributed by atoms with Gasteiger partial charge in [-0.2, -0.15) is 5.10 Å². The van der Waals surface area contributed by atoms with Crippen molar-refractivity contribution in [3.63, 3.8) is 0 Å². The summed E-state index contributed by atoms with van der Waals surface area (Å²) in [5.74, 6) is 0.0140. The fourth-order valence-corrected chi connectivity index (χ4v) is 3.75. The van der Waals surface area contributed by atoms with Gasteiger partial charge in [-0.05, 0) is 19.4 Å². The van der Waals surface area contributed by atoms with Crippen LogP contribution in [0.3, 0.4) is 0 Å². The van der Waals surface area contributed by atoms with Gasteiger partial charge in [0.15, 0.2) is 0 Å². The van der Waals surface area contributed by atoms with Crippen molar-refractivity contribution >= 4 is 5.91 Å². The molecule has 1 aliphatic rings. The van der Waals surface area contributed by atoms with Crippen LogP contribution < -0.4 is 0 Å². The highest BCUT2D eigenvalue weighted by Crippen LogP contribution is 2.25. The highest BCUT2D eigenvalue weighted by Gasteiger charge is 2.29. The Morgan fingerprint density at radius 3 is 2.25 bits per heavy atom. The summed E-state index contributed by atoms with van der Waals surface area (Å²) in [6, 6.07) is 20.1. The Kier molecular flexibility index (Phi) is 5.26. The first-order chi connectivity index (χ1) is 13.6. The zero-order valence-corrected chi connectivity index (χ0v) is 16.3. The normalized spacial score (nSPS) is 19.6. The Bertz CT molecular complexity index is 927. The van der Waals surface area contributed by atoms with E-state index in [0.717, 1.165) is 16.8 Å². The lowest BCUT2D eigenvalue weighted by Crippen LogP contribution is -2.48. The maximum absolute atomic E-state index is 13.4. The molecule has 1 fully saturated rings. The maximum atomic E-state index is 13.4. The van der Waals surface area contributed by atoms with Crippen molar-refractivity contribution in [3.8, 4) is 11.3 Å². The highest BCUT2D eigenvalue weighted by molar-refractivity contribution is 5.99. The fraction of sp³-hybridized carbons (Fsp3) is 0.304. The smallest absolute Gasteiger partial charge is 0.257 e. The Balaban J connectivity index is 1.69. The van der Waals surface area contributed by atoms with E-state index >= 15 is 0 Å². The highest BCUT2D eigenvalue weighted by atomic mass is 16.5. The second kappa shape index (κ2) is 7.98. The van der Waals surface area contributed by atoms with E-state index in [-0.39, 0.29) is 18.1 Å². The zero-order valence-electron chi connectivity index (χ0n) is 16.3. The second-order valence-electron chi connectivity index (χ2n) is 7.41. The quantitative estimate of drug-likeness (QED) is 0.696. The largest absolute Gasteiger partial charge is 0.372 e. The molecule has 3 aromatic rings. The topological polar surface area (TPSA) is 47.4 Å². The Hall–Kier alpha value is -2.92. The van der Waals surface area contributed by atoms with Crippen molar-refractivity contribution in [1.82, 2.24) is 14.7 Å². The van der Waals surface area contributed by atoms with Crippen LogP contribution in [0, 0.1) is 0 Å². The first kappa shape index (κ1) is 18.4. The lowest BCUT2D eigenvalue weighted by Gasteiger charge is -2.35. The number of amides is 1. The molecule has 1 amide bonds. The molecule has 4 rings (SSSR count). The third-order valence-corrected chi connectivity index (χ3v) is 4.93. The van der Waals surface area contributed by atoms with Gasteiger partial charge in [0, 0.05) is 24.8 Å². The van der Waals surface area contributed by atoms with Crippen LogP contribution in [0.5, 0.6) is 0 Å². The van der Waals surface area contributed by atoms with Gasteiger partial charge < -0.3 is 9.64 Å². The summed E-state index contributed by atoms with van der Waals surface area (Å²) in [6.07, 6.45) is 1.95. The van der Waals surface area contributed by atoms with E-state index in [1.165, 1.54) is 0 Å². The number of nitrogens with zero attached hydrogens (tertiary/aromatic N) is 3. The molecule has 1 aromatic heterocycles. The molecular formula is C23H25N3O2. The van der Waals surface area contributed by atoms with Gasteiger partial charge in [0.1, 0.15) is 5.69 Å². The minimum atomic E-state index is 0.0140. The predicted octanol–water partition coefficient (Wildman–Crippen LogP) is 3.85. The molecule has 2 aromatic carbocycles. The molecule has 144 valence electrons. The van der Waals surface area contributed by atoms with Crippen molar-refractivity contribution in [1.29, 1.82) is 0 Å². The molecule has 0 saturated carbocycles. The van der Waals surface area contributed by atoms with Gasteiger partial charge in [0.2, 0.25) is 0 Å². The molecule has 2 atom stereocenters. The summed E-state index contributed by atoms with van der Waals surface area (Å²) in [7, 11) is 0. The number of rotatable bonds is 4. The number of carbonyl (C=O) groups is 1. The molecule has 5 nitrogen and oxygen atoms in total. The van der Waals surface area contributed by atoms with Gasteiger partial charge in [0.05, 0.1) is 24.3 Å². The van der Waals surface area contributed by atoms with E-state index in [1.54, 1.807) is 0 Å². The number of carbonyl (C=O) groups excluding carboxylic acids is 1. The summed E-state index contributed by atoms with van der Waals surface area (Å²) in [4.78, 5) is 15.3. The van der Waals surface area contributed by atoms with Crippen molar-refractivity contribution in [2.45, 2.75) is 32.6 Å². The zero-order chi connectivity index (χ0) is 19.5. The molecule has 0 unspecified atom stereocenters. The average Bonchev–Trinajstić information content (AvgIpc) is 3.12. The van der Waals surface area contributed by atoms with E-state index in [0.29, 0.717) is 25.2 Å². The molecule has 0 radical (unpaired) electrons. The molecule has 28 heavy (non-hydrogen) atoms. The van der Waals surface area contributed by atoms with E-state index in [1.807, 2.05) is 78.2 Å². The molecule has 0 aliphatic carbocycles. The van der Waals surface area contributed by atoms with Crippen molar-refractivity contribution in [2.75, 3.05) is 13.1 Å². The van der Waals surface area contributed by atoms with Crippen LogP contribution in [0.1, 0.15) is 29.8 Å². The third-order valence-electron chi connectivity index (χ3n) is 4.93. The number of benzene rings is 2. The molecule has 5 heteroatoms. The minimum absolute atomic E-state index is 0.0140. The third kappa shape index (κ3) is 3.99. The molecule has 2 heterocycles. The van der Waals surface area contributed by atoms with Crippen LogP contribution in [0.15, 0.2) is 66.9 Å². The van der Waals surface area contributed by atoms with E-state index in [9.17, 15) is 4.79 Å². The van der Waals surface area contributed by atoms with Gasteiger partial charge in [0.25, 0.3) is 5.91 Å². The number of hydrogen-bond acceptors (Lipinski definition) is 3. The Morgan fingerprint density at radius 2 is 1.61 bits per heavy atom. The lowest BCUT2D eigenvalue weighted by molar-refractivity contribution is -0.0586. The van der Waals surface area contributed by atoms with Crippen molar-refractivity contribution in [3.05, 3.63) is 78.0 Å². The van der Waals surface area contributed by atoms with Crippen LogP contribution >= 0.6 is 0 Å². The molecular weight excluding hydrogens is 350 g/mol. The maximum Gasteiger partial charge on any atom is 0.257 e. The molecule has 0 spiro atoms. The van der Waals surface area contributed by atoms with Gasteiger partial charge in [-0.3, -0.25) is 9.48 Å². The van der Waals surface area contributed by atoms with Crippen LogP contribution in [0.2, 0.25) is 0 Å². The Labute approximate surface area is 165 Å². The minimum Gasteiger partial charge on any atom is -0.372 e. The first-order valence-electron chi connectivity index (χ1n) is 9.71. The molecule has 0 N–H and O–H groups in total. The number of hydrogen-bond donors (Lipinski definition) is 0. The van der Waals surface area contributed by atoms with E-state index in [4.69, 9.17) is 9.84 Å². The monoisotopic (exact) mass is 375 g/mol. The van der Waals surface area contributed by atoms with E-state index < -0.39 is 0 Å². The molecule has 1 aliphatic heterocycles. The van der Waals surface area contributed by atoms with Crippen LogP contribution in [0.25, 0.3) is 11.3 Å². The number of ether oxygens (including phenoxy) is 1. The SMILES string of the molecule is C[C@@H]1CN(C(=O)c2cn(Cc3ccccc3)nc2-c2ccccc2)C[C@@H](C)O1. The lowest BCUT2D eigenvalue weighted by atomic mass is 10.1. The van der Waals surface area contributed by atoms with E-state index in [2.05, 4.69) is 12.1 Å².